The summed E-state index contributed by atoms with van der Waals surface area (Å²) >= 11 is 0. The molecule has 0 fully saturated rings. The molecule has 5 nitrogen and oxygen atoms in total. The van der Waals surface area contributed by atoms with Crippen LogP contribution in [-0.4, -0.2) is 15.6 Å². The molecule has 5 heteroatoms. The van der Waals surface area contributed by atoms with E-state index in [0.717, 1.165) is 11.1 Å². The van der Waals surface area contributed by atoms with E-state index in [1.807, 2.05) is 26.0 Å². The van der Waals surface area contributed by atoms with Crippen molar-refractivity contribution < 1.29 is 14.3 Å². The smallest absolute Gasteiger partial charge is 0.420 e. The molecule has 1 aromatic heterocycles. The number of aryl methyl sites for hydroxylation is 1. The molecule has 0 radical (unpaired) electrons. The number of hydrogen-bond acceptors (Lipinski definition) is 3. The third-order valence-corrected chi connectivity index (χ3v) is 3.05. The first-order valence-corrected chi connectivity index (χ1v) is 6.35. The van der Waals surface area contributed by atoms with Gasteiger partial charge in [0.2, 0.25) is 0 Å². The van der Waals surface area contributed by atoms with Gasteiger partial charge in [-0.3, -0.25) is 9.36 Å². The van der Waals surface area contributed by atoms with Crippen molar-refractivity contribution in [3.8, 4) is 0 Å². The van der Waals surface area contributed by atoms with Crippen molar-refractivity contribution in [3.05, 3.63) is 34.3 Å². The summed E-state index contributed by atoms with van der Waals surface area (Å²) in [5, 5.41) is 8.62. The molecule has 0 atom stereocenters. The molecule has 2 aromatic rings. The van der Waals surface area contributed by atoms with Crippen LogP contribution in [0.25, 0.3) is 11.1 Å². The van der Waals surface area contributed by atoms with Gasteiger partial charge >= 0.3 is 11.7 Å². The van der Waals surface area contributed by atoms with Gasteiger partial charge in [-0.15, -0.1) is 0 Å². The van der Waals surface area contributed by atoms with E-state index < -0.39 is 5.97 Å². The number of carbonyl (C=O) groups is 1. The lowest BCUT2D eigenvalue weighted by atomic mass is 10.1. The van der Waals surface area contributed by atoms with E-state index in [1.165, 1.54) is 0 Å². The first-order valence-electron chi connectivity index (χ1n) is 6.35. The number of benzene rings is 1. The molecule has 0 spiro atoms. The van der Waals surface area contributed by atoms with Crippen LogP contribution >= 0.6 is 0 Å². The Morgan fingerprint density at radius 3 is 2.79 bits per heavy atom. The van der Waals surface area contributed by atoms with Crippen LogP contribution in [0.4, 0.5) is 0 Å². The van der Waals surface area contributed by atoms with Crippen LogP contribution < -0.4 is 5.76 Å². The average Bonchev–Trinajstić information content (AvgIpc) is 2.63. The predicted octanol–water partition coefficient (Wildman–Crippen LogP) is 2.58. The summed E-state index contributed by atoms with van der Waals surface area (Å²) in [6, 6.07) is 5.58. The molecular formula is C14H17NO4. The topological polar surface area (TPSA) is 72.4 Å². The van der Waals surface area contributed by atoms with Crippen LogP contribution in [0.1, 0.15) is 38.3 Å². The second kappa shape index (κ2) is 5.30. The largest absolute Gasteiger partial charge is 0.481 e. The van der Waals surface area contributed by atoms with Crippen molar-refractivity contribution in [3.63, 3.8) is 0 Å². The first kappa shape index (κ1) is 13.4. The number of aromatic nitrogens is 1. The third-order valence-electron chi connectivity index (χ3n) is 3.05. The van der Waals surface area contributed by atoms with E-state index >= 15 is 0 Å². The van der Waals surface area contributed by atoms with Crippen LogP contribution in [0.15, 0.2) is 27.4 Å². The van der Waals surface area contributed by atoms with Crippen LogP contribution in [0.3, 0.4) is 0 Å². The zero-order valence-corrected chi connectivity index (χ0v) is 11.0. The van der Waals surface area contributed by atoms with E-state index in [1.54, 1.807) is 10.6 Å². The minimum Gasteiger partial charge on any atom is -0.481 e. The molecule has 0 saturated carbocycles. The number of hydrogen-bond donors (Lipinski definition) is 1. The number of aliphatic carboxylic acids is 1. The summed E-state index contributed by atoms with van der Waals surface area (Å²) in [5.74, 6) is -1.14. The molecule has 0 saturated heterocycles. The molecule has 0 unspecified atom stereocenters. The van der Waals surface area contributed by atoms with Gasteiger partial charge in [0.15, 0.2) is 5.58 Å². The Morgan fingerprint density at radius 1 is 1.42 bits per heavy atom. The summed E-state index contributed by atoms with van der Waals surface area (Å²) < 4.78 is 6.78. The van der Waals surface area contributed by atoms with Crippen molar-refractivity contribution >= 4 is 17.1 Å². The van der Waals surface area contributed by atoms with E-state index in [9.17, 15) is 9.59 Å². The number of nitrogens with zero attached hydrogens (tertiary/aromatic N) is 1. The van der Waals surface area contributed by atoms with Crippen LogP contribution in [0.5, 0.6) is 0 Å². The molecule has 1 aromatic carbocycles. The highest BCUT2D eigenvalue weighted by Gasteiger charge is 2.12. The molecule has 19 heavy (non-hydrogen) atoms. The lowest BCUT2D eigenvalue weighted by molar-refractivity contribution is -0.137. The molecule has 102 valence electrons. The molecule has 0 bridgehead atoms. The Labute approximate surface area is 110 Å². The number of rotatable bonds is 5. The molecule has 0 aliphatic carbocycles. The van der Waals surface area contributed by atoms with Crippen LogP contribution in [-0.2, 0) is 11.2 Å². The fourth-order valence-electron chi connectivity index (χ4n) is 2.17. The number of oxazole rings is 1. The maximum Gasteiger partial charge on any atom is 0.420 e. The Bertz CT molecular complexity index is 651. The molecule has 0 amide bonds. The number of carboxylic acids is 1. The quantitative estimate of drug-likeness (QED) is 0.899. The summed E-state index contributed by atoms with van der Waals surface area (Å²) in [7, 11) is 0. The lowest BCUT2D eigenvalue weighted by Gasteiger charge is -2.06. The fraction of sp³-hybridized carbons (Fsp3) is 0.429. The SMILES string of the molecule is CC(C)n1c(=O)oc2ccc(CCCC(=O)O)cc21. The Hall–Kier alpha value is -2.04. The molecule has 0 aliphatic rings. The van der Waals surface area contributed by atoms with Crippen molar-refractivity contribution in [2.24, 2.45) is 0 Å². The summed E-state index contributed by atoms with van der Waals surface area (Å²) in [6.45, 7) is 3.85. The van der Waals surface area contributed by atoms with Crippen molar-refractivity contribution in [1.29, 1.82) is 0 Å². The van der Waals surface area contributed by atoms with Gasteiger partial charge in [-0.1, -0.05) is 6.07 Å². The highest BCUT2D eigenvalue weighted by Crippen LogP contribution is 2.19. The monoisotopic (exact) mass is 263 g/mol. The highest BCUT2D eigenvalue weighted by atomic mass is 16.4. The van der Waals surface area contributed by atoms with Gasteiger partial charge in [0.1, 0.15) is 0 Å². The zero-order chi connectivity index (χ0) is 14.0. The van der Waals surface area contributed by atoms with Gasteiger partial charge in [-0.05, 0) is 44.4 Å². The molecular weight excluding hydrogens is 246 g/mol. The standard InChI is InChI=1S/C14H17NO4/c1-9(2)15-11-8-10(4-3-5-13(16)17)6-7-12(11)19-14(15)18/h6-9H,3-5H2,1-2H3,(H,16,17). The average molecular weight is 263 g/mol. The van der Waals surface area contributed by atoms with Gasteiger partial charge in [0.25, 0.3) is 0 Å². The second-order valence-corrected chi connectivity index (χ2v) is 4.88. The van der Waals surface area contributed by atoms with E-state index in [2.05, 4.69) is 0 Å². The van der Waals surface area contributed by atoms with E-state index in [-0.39, 0.29) is 18.2 Å². The van der Waals surface area contributed by atoms with Crippen molar-refractivity contribution in [1.82, 2.24) is 4.57 Å². The Kier molecular flexibility index (Phi) is 3.74. The molecule has 1 N–H and O–H groups in total. The van der Waals surface area contributed by atoms with Crippen molar-refractivity contribution in [2.75, 3.05) is 0 Å². The van der Waals surface area contributed by atoms with Gasteiger partial charge in [0, 0.05) is 12.5 Å². The van der Waals surface area contributed by atoms with Gasteiger partial charge in [0.05, 0.1) is 5.52 Å². The van der Waals surface area contributed by atoms with E-state index in [0.29, 0.717) is 18.4 Å². The lowest BCUT2D eigenvalue weighted by Crippen LogP contribution is -2.15. The normalized spacial score (nSPS) is 11.3. The van der Waals surface area contributed by atoms with Crippen LogP contribution in [0, 0.1) is 0 Å². The van der Waals surface area contributed by atoms with Gasteiger partial charge in [-0.2, -0.15) is 0 Å². The first-order chi connectivity index (χ1) is 8.99. The van der Waals surface area contributed by atoms with Gasteiger partial charge < -0.3 is 9.52 Å². The van der Waals surface area contributed by atoms with Crippen molar-refractivity contribution in [2.45, 2.75) is 39.2 Å². The third kappa shape index (κ3) is 2.86. The van der Waals surface area contributed by atoms with E-state index in [4.69, 9.17) is 9.52 Å². The van der Waals surface area contributed by atoms with Gasteiger partial charge in [-0.25, -0.2) is 4.79 Å². The Balaban J connectivity index is 2.31. The predicted molar refractivity (Wildman–Crippen MR) is 71.4 cm³/mol. The zero-order valence-electron chi connectivity index (χ0n) is 11.0. The Morgan fingerprint density at radius 2 is 2.16 bits per heavy atom. The van der Waals surface area contributed by atoms with Crippen LogP contribution in [0.2, 0.25) is 0 Å². The summed E-state index contributed by atoms with van der Waals surface area (Å²) in [5.41, 5.74) is 2.36. The number of carboxylic acid groups (broad SMARTS) is 1. The minimum atomic E-state index is -0.788. The fourth-order valence-corrected chi connectivity index (χ4v) is 2.17. The molecule has 0 aliphatic heterocycles. The number of fused-ring (bicyclic) bond motifs is 1. The molecule has 2 rings (SSSR count). The summed E-state index contributed by atoms with van der Waals surface area (Å²) in [6.07, 6.45) is 1.42. The molecule has 1 heterocycles. The summed E-state index contributed by atoms with van der Waals surface area (Å²) in [4.78, 5) is 22.2. The maximum absolute atomic E-state index is 11.7. The maximum atomic E-state index is 11.7. The minimum absolute atomic E-state index is 0.0306. The highest BCUT2D eigenvalue weighted by molar-refractivity contribution is 5.74. The second-order valence-electron chi connectivity index (χ2n) is 4.88.